The minimum Gasteiger partial charge on any atom is -0.464 e. The van der Waals surface area contributed by atoms with E-state index in [9.17, 15) is 4.79 Å². The zero-order valence-corrected chi connectivity index (χ0v) is 12.2. The summed E-state index contributed by atoms with van der Waals surface area (Å²) in [6.07, 6.45) is 0. The van der Waals surface area contributed by atoms with Crippen LogP contribution >= 0.6 is 23.2 Å². The molecule has 1 rings (SSSR count). The van der Waals surface area contributed by atoms with Gasteiger partial charge in [0, 0.05) is 0 Å². The topological polar surface area (TPSA) is 38.3 Å². The van der Waals surface area contributed by atoms with Gasteiger partial charge in [0.25, 0.3) is 0 Å². The van der Waals surface area contributed by atoms with Gasteiger partial charge in [0.1, 0.15) is 5.54 Å². The second kappa shape index (κ2) is 6.41. The molecule has 1 unspecified atom stereocenters. The van der Waals surface area contributed by atoms with Gasteiger partial charge in [-0.1, -0.05) is 36.2 Å². The van der Waals surface area contributed by atoms with Crippen molar-refractivity contribution in [2.24, 2.45) is 0 Å². The Balaban J connectivity index is 3.17. The molecule has 100 valence electrons. The van der Waals surface area contributed by atoms with Gasteiger partial charge in [0.2, 0.25) is 0 Å². The Morgan fingerprint density at radius 1 is 1.33 bits per heavy atom. The van der Waals surface area contributed by atoms with Crippen molar-refractivity contribution in [3.05, 3.63) is 33.8 Å². The van der Waals surface area contributed by atoms with Crippen LogP contribution in [-0.4, -0.2) is 19.1 Å². The van der Waals surface area contributed by atoms with E-state index in [4.69, 9.17) is 27.9 Å². The van der Waals surface area contributed by atoms with Crippen molar-refractivity contribution in [3.63, 3.8) is 0 Å². The normalized spacial score (nSPS) is 14.1. The Kier molecular flexibility index (Phi) is 5.45. The number of benzene rings is 1. The average molecular weight is 290 g/mol. The van der Waals surface area contributed by atoms with Gasteiger partial charge in [-0.15, -0.1) is 0 Å². The minimum absolute atomic E-state index is 0.328. The molecule has 0 aliphatic carbocycles. The highest BCUT2D eigenvalue weighted by Gasteiger charge is 2.36. The number of hydrogen-bond acceptors (Lipinski definition) is 3. The first-order chi connectivity index (χ1) is 8.45. The highest BCUT2D eigenvalue weighted by atomic mass is 35.5. The number of carbonyl (C=O) groups is 1. The lowest BCUT2D eigenvalue weighted by Crippen LogP contribution is -2.47. The van der Waals surface area contributed by atoms with Gasteiger partial charge < -0.3 is 4.74 Å². The van der Waals surface area contributed by atoms with Crippen molar-refractivity contribution in [3.8, 4) is 0 Å². The predicted molar refractivity (Wildman–Crippen MR) is 74.1 cm³/mol. The van der Waals surface area contributed by atoms with E-state index in [-0.39, 0.29) is 5.97 Å². The van der Waals surface area contributed by atoms with Crippen molar-refractivity contribution in [2.75, 3.05) is 13.2 Å². The second-order valence-electron chi connectivity index (χ2n) is 4.00. The molecule has 0 aliphatic heterocycles. The number of carbonyl (C=O) groups excluding carboxylic acids is 1. The number of nitrogens with one attached hydrogen (secondary N) is 1. The maximum absolute atomic E-state index is 12.1. The summed E-state index contributed by atoms with van der Waals surface area (Å²) in [4.78, 5) is 12.1. The molecule has 0 saturated carbocycles. The molecular weight excluding hydrogens is 273 g/mol. The van der Waals surface area contributed by atoms with Crippen LogP contribution in [-0.2, 0) is 15.1 Å². The van der Waals surface area contributed by atoms with Gasteiger partial charge in [0.05, 0.1) is 16.7 Å². The van der Waals surface area contributed by atoms with Crippen LogP contribution in [0.4, 0.5) is 0 Å². The molecular formula is C13H17Cl2NO2. The fourth-order valence-electron chi connectivity index (χ4n) is 1.73. The third-order valence-corrected chi connectivity index (χ3v) is 3.45. The van der Waals surface area contributed by atoms with E-state index in [1.165, 1.54) is 0 Å². The highest BCUT2D eigenvalue weighted by molar-refractivity contribution is 6.42. The summed E-state index contributed by atoms with van der Waals surface area (Å²) in [6, 6.07) is 5.13. The molecule has 0 aliphatic rings. The molecule has 3 nitrogen and oxygen atoms in total. The molecule has 1 aromatic rings. The summed E-state index contributed by atoms with van der Waals surface area (Å²) < 4.78 is 5.11. The molecule has 18 heavy (non-hydrogen) atoms. The molecule has 0 spiro atoms. The molecule has 0 heterocycles. The number of ether oxygens (including phenoxy) is 1. The van der Waals surface area contributed by atoms with E-state index in [1.807, 2.05) is 6.92 Å². The summed E-state index contributed by atoms with van der Waals surface area (Å²) in [6.45, 7) is 6.44. The monoisotopic (exact) mass is 289 g/mol. The van der Waals surface area contributed by atoms with Gasteiger partial charge in [-0.25, -0.2) is 4.79 Å². The first-order valence-corrected chi connectivity index (χ1v) is 6.59. The van der Waals surface area contributed by atoms with E-state index < -0.39 is 5.54 Å². The molecule has 0 bridgehead atoms. The zero-order valence-electron chi connectivity index (χ0n) is 10.7. The summed E-state index contributed by atoms with van der Waals surface area (Å²) >= 11 is 11.9. The molecule has 1 N–H and O–H groups in total. The van der Waals surface area contributed by atoms with Crippen molar-refractivity contribution < 1.29 is 9.53 Å². The summed E-state index contributed by atoms with van der Waals surface area (Å²) in [7, 11) is 0. The van der Waals surface area contributed by atoms with Gasteiger partial charge in [0.15, 0.2) is 0 Å². The standard InChI is InChI=1S/C13H17Cl2NO2/c1-4-16-13(3,12(17)18-5-2)9-6-7-10(14)11(15)8-9/h6-8,16H,4-5H2,1-3H3. The number of likely N-dealkylation sites (N-methyl/N-ethyl adjacent to an activating group) is 1. The molecule has 1 atom stereocenters. The lowest BCUT2D eigenvalue weighted by Gasteiger charge is -2.28. The Hall–Kier alpha value is -0.770. The third kappa shape index (κ3) is 3.16. The summed E-state index contributed by atoms with van der Waals surface area (Å²) in [5.74, 6) is -0.328. The van der Waals surface area contributed by atoms with Crippen LogP contribution in [0.3, 0.4) is 0 Å². The lowest BCUT2D eigenvalue weighted by atomic mass is 9.92. The highest BCUT2D eigenvalue weighted by Crippen LogP contribution is 2.29. The van der Waals surface area contributed by atoms with E-state index in [1.54, 1.807) is 32.0 Å². The van der Waals surface area contributed by atoms with Gasteiger partial charge in [-0.2, -0.15) is 0 Å². The fraction of sp³-hybridized carbons (Fsp3) is 0.462. The SMILES string of the molecule is CCNC(C)(C(=O)OCC)c1ccc(Cl)c(Cl)c1. The van der Waals surface area contributed by atoms with Crippen LogP contribution in [0.1, 0.15) is 26.3 Å². The smallest absolute Gasteiger partial charge is 0.330 e. The van der Waals surface area contributed by atoms with Crippen LogP contribution in [0.5, 0.6) is 0 Å². The van der Waals surface area contributed by atoms with Crippen molar-refractivity contribution >= 4 is 29.2 Å². The number of esters is 1. The molecule has 5 heteroatoms. The van der Waals surface area contributed by atoms with E-state index in [2.05, 4.69) is 5.32 Å². The van der Waals surface area contributed by atoms with Crippen LogP contribution < -0.4 is 5.32 Å². The maximum Gasteiger partial charge on any atom is 0.330 e. The van der Waals surface area contributed by atoms with Gasteiger partial charge >= 0.3 is 5.97 Å². The van der Waals surface area contributed by atoms with Crippen molar-refractivity contribution in [2.45, 2.75) is 26.3 Å². The third-order valence-electron chi connectivity index (χ3n) is 2.71. The first-order valence-electron chi connectivity index (χ1n) is 5.83. The molecule has 0 radical (unpaired) electrons. The number of halogens is 2. The Bertz CT molecular complexity index is 437. The molecule has 0 amide bonds. The molecule has 1 aromatic carbocycles. The zero-order chi connectivity index (χ0) is 13.8. The first kappa shape index (κ1) is 15.3. The average Bonchev–Trinajstić information content (AvgIpc) is 2.33. The Morgan fingerprint density at radius 3 is 2.50 bits per heavy atom. The molecule has 0 fully saturated rings. The molecule has 0 saturated heterocycles. The van der Waals surface area contributed by atoms with Gasteiger partial charge in [-0.05, 0) is 38.1 Å². The molecule has 0 aromatic heterocycles. The maximum atomic E-state index is 12.1. The van der Waals surface area contributed by atoms with Crippen LogP contribution in [0.15, 0.2) is 18.2 Å². The number of rotatable bonds is 5. The van der Waals surface area contributed by atoms with Crippen LogP contribution in [0.25, 0.3) is 0 Å². The second-order valence-corrected chi connectivity index (χ2v) is 4.82. The van der Waals surface area contributed by atoms with E-state index >= 15 is 0 Å². The minimum atomic E-state index is -0.918. The number of hydrogen-bond donors (Lipinski definition) is 1. The fourth-order valence-corrected chi connectivity index (χ4v) is 2.03. The van der Waals surface area contributed by atoms with E-state index in [0.29, 0.717) is 23.2 Å². The quantitative estimate of drug-likeness (QED) is 0.845. The lowest BCUT2D eigenvalue weighted by molar-refractivity contribution is -0.151. The van der Waals surface area contributed by atoms with E-state index in [0.717, 1.165) is 5.56 Å². The largest absolute Gasteiger partial charge is 0.464 e. The van der Waals surface area contributed by atoms with Gasteiger partial charge in [-0.3, -0.25) is 5.32 Å². The van der Waals surface area contributed by atoms with Crippen LogP contribution in [0.2, 0.25) is 10.0 Å². The van der Waals surface area contributed by atoms with Crippen molar-refractivity contribution in [1.29, 1.82) is 0 Å². The summed E-state index contributed by atoms with van der Waals surface area (Å²) in [5.41, 5.74) is -0.184. The predicted octanol–water partition coefficient (Wildman–Crippen LogP) is 3.38. The van der Waals surface area contributed by atoms with Crippen molar-refractivity contribution in [1.82, 2.24) is 5.32 Å². The summed E-state index contributed by atoms with van der Waals surface area (Å²) in [5, 5.41) is 4.01. The van der Waals surface area contributed by atoms with Crippen LogP contribution in [0, 0.1) is 0 Å². The Labute approximate surface area is 117 Å². The Morgan fingerprint density at radius 2 is 2.00 bits per heavy atom.